The first-order chi connectivity index (χ1) is 13.4. The van der Waals surface area contributed by atoms with Crippen molar-refractivity contribution in [1.82, 2.24) is 14.8 Å². The summed E-state index contributed by atoms with van der Waals surface area (Å²) in [5.74, 6) is 0. The molecule has 0 amide bonds. The second-order valence-corrected chi connectivity index (χ2v) is 6.52. The van der Waals surface area contributed by atoms with Gasteiger partial charge in [-0.1, -0.05) is 48.5 Å². The Hall–Kier alpha value is -3.72. The van der Waals surface area contributed by atoms with Gasteiger partial charge in [0, 0.05) is 24.0 Å². The molecule has 3 heteroatoms. The van der Waals surface area contributed by atoms with Crippen molar-refractivity contribution in [2.45, 2.75) is 0 Å². The van der Waals surface area contributed by atoms with Crippen LogP contribution < -0.4 is 0 Å². The van der Waals surface area contributed by atoms with Crippen molar-refractivity contribution in [2.24, 2.45) is 0 Å². The molecule has 0 aliphatic heterocycles. The molecule has 0 aliphatic carbocycles. The Balaban J connectivity index is 1.53. The van der Waals surface area contributed by atoms with Crippen LogP contribution in [0.3, 0.4) is 0 Å². The lowest BCUT2D eigenvalue weighted by atomic mass is 10.1. The van der Waals surface area contributed by atoms with Gasteiger partial charge in [0.05, 0.1) is 11.7 Å². The molecule has 5 aromatic rings. The Labute approximate surface area is 157 Å². The standard InChI is InChI=1S/C24H17N3/c1-2-4-21-15-18(5-6-19(21)3-1)11-14-27-24-16-22(7-8-23(24)17-26-27)20-9-12-25-13-10-20/h1-17H. The van der Waals surface area contributed by atoms with Gasteiger partial charge in [-0.15, -0.1) is 0 Å². The molecule has 0 fully saturated rings. The van der Waals surface area contributed by atoms with Crippen LogP contribution in [0.15, 0.2) is 91.4 Å². The van der Waals surface area contributed by atoms with E-state index < -0.39 is 0 Å². The van der Waals surface area contributed by atoms with Gasteiger partial charge in [-0.2, -0.15) is 5.10 Å². The van der Waals surface area contributed by atoms with Gasteiger partial charge >= 0.3 is 0 Å². The van der Waals surface area contributed by atoms with Gasteiger partial charge in [0.15, 0.2) is 0 Å². The Morgan fingerprint density at radius 1 is 0.704 bits per heavy atom. The molecule has 0 saturated carbocycles. The molecule has 3 aromatic carbocycles. The number of nitrogens with zero attached hydrogens (tertiary/aromatic N) is 3. The van der Waals surface area contributed by atoms with Crippen molar-refractivity contribution in [2.75, 3.05) is 0 Å². The zero-order chi connectivity index (χ0) is 18.1. The predicted octanol–water partition coefficient (Wildman–Crippen LogP) is 5.88. The molecule has 128 valence electrons. The summed E-state index contributed by atoms with van der Waals surface area (Å²) in [6.07, 6.45) is 9.64. The summed E-state index contributed by atoms with van der Waals surface area (Å²) in [6.45, 7) is 0. The number of hydrogen-bond acceptors (Lipinski definition) is 2. The van der Waals surface area contributed by atoms with Gasteiger partial charge in [-0.05, 0) is 57.8 Å². The number of benzene rings is 3. The lowest BCUT2D eigenvalue weighted by Gasteiger charge is -2.03. The molecule has 0 radical (unpaired) electrons. The number of pyridine rings is 1. The molecule has 0 N–H and O–H groups in total. The molecule has 2 heterocycles. The number of fused-ring (bicyclic) bond motifs is 2. The first-order valence-corrected chi connectivity index (χ1v) is 8.91. The smallest absolute Gasteiger partial charge is 0.0740 e. The van der Waals surface area contributed by atoms with Crippen molar-refractivity contribution < 1.29 is 0 Å². The zero-order valence-corrected chi connectivity index (χ0v) is 14.7. The Kier molecular flexibility index (Phi) is 3.76. The normalized spacial score (nSPS) is 11.6. The van der Waals surface area contributed by atoms with Crippen molar-refractivity contribution in [1.29, 1.82) is 0 Å². The Morgan fingerprint density at radius 3 is 2.41 bits per heavy atom. The van der Waals surface area contributed by atoms with Crippen molar-refractivity contribution in [3.8, 4) is 11.1 Å². The Morgan fingerprint density at radius 2 is 1.52 bits per heavy atom. The fraction of sp³-hybridized carbons (Fsp3) is 0. The lowest BCUT2D eigenvalue weighted by molar-refractivity contribution is 0.969. The summed E-state index contributed by atoms with van der Waals surface area (Å²) < 4.78 is 1.93. The molecule has 5 rings (SSSR count). The van der Waals surface area contributed by atoms with E-state index in [4.69, 9.17) is 0 Å². The third-order valence-electron chi connectivity index (χ3n) is 4.79. The molecular weight excluding hydrogens is 330 g/mol. The molecule has 0 spiro atoms. The average Bonchev–Trinajstić information content (AvgIpc) is 3.15. The summed E-state index contributed by atoms with van der Waals surface area (Å²) in [7, 11) is 0. The van der Waals surface area contributed by atoms with Gasteiger partial charge in [0.2, 0.25) is 0 Å². The zero-order valence-electron chi connectivity index (χ0n) is 14.7. The van der Waals surface area contributed by atoms with Crippen molar-refractivity contribution in [3.05, 3.63) is 97.0 Å². The molecular formula is C24H17N3. The van der Waals surface area contributed by atoms with Crippen molar-refractivity contribution in [3.63, 3.8) is 0 Å². The number of hydrogen-bond donors (Lipinski definition) is 0. The maximum atomic E-state index is 4.53. The van der Waals surface area contributed by atoms with E-state index in [0.29, 0.717) is 0 Å². The third-order valence-corrected chi connectivity index (χ3v) is 4.79. The van der Waals surface area contributed by atoms with Gasteiger partial charge < -0.3 is 0 Å². The van der Waals surface area contributed by atoms with Crippen LogP contribution in [-0.4, -0.2) is 14.8 Å². The van der Waals surface area contributed by atoms with Crippen LogP contribution in [-0.2, 0) is 0 Å². The molecule has 0 saturated heterocycles. The minimum Gasteiger partial charge on any atom is -0.265 e. The lowest BCUT2D eigenvalue weighted by Crippen LogP contribution is -1.88. The van der Waals surface area contributed by atoms with Crippen LogP contribution in [0.2, 0.25) is 0 Å². The minimum absolute atomic E-state index is 1.08. The van der Waals surface area contributed by atoms with E-state index in [2.05, 4.69) is 76.8 Å². The molecule has 0 bridgehead atoms. The topological polar surface area (TPSA) is 30.7 Å². The quantitative estimate of drug-likeness (QED) is 0.408. The fourth-order valence-corrected chi connectivity index (χ4v) is 3.35. The van der Waals surface area contributed by atoms with Crippen LogP contribution in [0.1, 0.15) is 5.56 Å². The van der Waals surface area contributed by atoms with E-state index in [1.807, 2.05) is 41.6 Å². The molecule has 0 unspecified atom stereocenters. The summed E-state index contributed by atoms with van der Waals surface area (Å²) in [5.41, 5.74) is 4.55. The van der Waals surface area contributed by atoms with Gasteiger partial charge in [0.25, 0.3) is 0 Å². The summed E-state index contributed by atoms with van der Waals surface area (Å²) in [5, 5.41) is 8.14. The van der Waals surface area contributed by atoms with Crippen molar-refractivity contribution >= 4 is 34.0 Å². The molecule has 0 atom stereocenters. The summed E-state index contributed by atoms with van der Waals surface area (Å²) in [6, 6.07) is 25.3. The first-order valence-electron chi connectivity index (χ1n) is 8.91. The van der Waals surface area contributed by atoms with Gasteiger partial charge in [-0.25, -0.2) is 4.68 Å². The summed E-state index contributed by atoms with van der Waals surface area (Å²) in [4.78, 5) is 4.10. The average molecular weight is 347 g/mol. The monoisotopic (exact) mass is 347 g/mol. The number of rotatable bonds is 3. The van der Waals surface area contributed by atoms with E-state index in [1.54, 1.807) is 0 Å². The van der Waals surface area contributed by atoms with Crippen LogP contribution in [0, 0.1) is 0 Å². The van der Waals surface area contributed by atoms with Gasteiger partial charge in [-0.3, -0.25) is 4.98 Å². The third kappa shape index (κ3) is 3.00. The largest absolute Gasteiger partial charge is 0.265 e. The summed E-state index contributed by atoms with van der Waals surface area (Å²) >= 11 is 0. The molecule has 0 aliphatic rings. The van der Waals surface area contributed by atoms with E-state index >= 15 is 0 Å². The van der Waals surface area contributed by atoms with E-state index in [9.17, 15) is 0 Å². The fourth-order valence-electron chi connectivity index (χ4n) is 3.35. The molecule has 2 aromatic heterocycles. The minimum atomic E-state index is 1.08. The van der Waals surface area contributed by atoms with Crippen LogP contribution in [0.4, 0.5) is 0 Å². The molecule has 27 heavy (non-hydrogen) atoms. The molecule has 3 nitrogen and oxygen atoms in total. The van der Waals surface area contributed by atoms with E-state index in [-0.39, 0.29) is 0 Å². The second kappa shape index (κ2) is 6.54. The van der Waals surface area contributed by atoms with Crippen LogP contribution in [0.5, 0.6) is 0 Å². The van der Waals surface area contributed by atoms with E-state index in [0.717, 1.165) is 27.6 Å². The highest BCUT2D eigenvalue weighted by atomic mass is 15.3. The Bertz CT molecular complexity index is 1270. The highest BCUT2D eigenvalue weighted by Crippen LogP contribution is 2.24. The highest BCUT2D eigenvalue weighted by molar-refractivity contribution is 5.88. The first kappa shape index (κ1) is 15.5. The predicted molar refractivity (Wildman–Crippen MR) is 112 cm³/mol. The second-order valence-electron chi connectivity index (χ2n) is 6.52. The van der Waals surface area contributed by atoms with Crippen LogP contribution >= 0.6 is 0 Å². The SMILES string of the molecule is C(=Cn1ncc2ccc(-c3ccncc3)cc21)c1ccc2ccccc2c1. The highest BCUT2D eigenvalue weighted by Gasteiger charge is 2.04. The maximum Gasteiger partial charge on any atom is 0.0740 e. The number of aromatic nitrogens is 3. The van der Waals surface area contributed by atoms with Gasteiger partial charge in [0.1, 0.15) is 0 Å². The maximum absolute atomic E-state index is 4.53. The van der Waals surface area contributed by atoms with Crippen LogP contribution in [0.25, 0.3) is 45.1 Å². The van der Waals surface area contributed by atoms with E-state index in [1.165, 1.54) is 10.8 Å².